The molecule has 0 spiro atoms. The van der Waals surface area contributed by atoms with Crippen LogP contribution in [-0.4, -0.2) is 74.3 Å². The molecule has 0 fully saturated rings. The molecule has 0 aromatic rings. The van der Waals surface area contributed by atoms with Gasteiger partial charge < -0.3 is 19.4 Å². The summed E-state index contributed by atoms with van der Waals surface area (Å²) in [7, 11) is 1.51. The summed E-state index contributed by atoms with van der Waals surface area (Å²) in [6.07, 6.45) is 87.1. The molecule has 88 heavy (non-hydrogen) atoms. The number of esters is 1. The van der Waals surface area contributed by atoms with Gasteiger partial charge in [-0.05, 0) is 70.3 Å². The van der Waals surface area contributed by atoms with Crippen LogP contribution in [0, 0.1) is 0 Å². The van der Waals surface area contributed by atoms with Crippen molar-refractivity contribution < 1.29 is 37.3 Å². The Labute approximate surface area is 548 Å². The van der Waals surface area contributed by atoms with E-state index in [1.54, 1.807) is 0 Å². The van der Waals surface area contributed by atoms with Gasteiger partial charge in [-0.25, -0.2) is 4.57 Å². The number of likely N-dealkylation sites (N-methyl/N-ethyl adjacent to an activating group) is 1. The summed E-state index contributed by atoms with van der Waals surface area (Å²) in [6, 6.07) is -0.848. The molecule has 10 heteroatoms. The molecular weight excluding hydrogens is 1110 g/mol. The van der Waals surface area contributed by atoms with E-state index < -0.39 is 20.0 Å². The van der Waals surface area contributed by atoms with E-state index in [0.717, 1.165) is 70.6 Å². The van der Waals surface area contributed by atoms with E-state index in [1.807, 2.05) is 27.2 Å². The number of hydrogen-bond donors (Lipinski definition) is 2. The number of nitrogens with one attached hydrogen (secondary N) is 1. The minimum absolute atomic E-state index is 0.0422. The number of phosphoric ester groups is 1. The van der Waals surface area contributed by atoms with E-state index in [0.29, 0.717) is 23.9 Å². The summed E-state index contributed by atoms with van der Waals surface area (Å²) < 4.78 is 30.9. The monoisotopic (exact) mass is 1260 g/mol. The van der Waals surface area contributed by atoms with E-state index >= 15 is 0 Å². The Morgan fingerprint density at radius 3 is 1.06 bits per heavy atom. The van der Waals surface area contributed by atoms with Crippen LogP contribution in [0.2, 0.25) is 0 Å². The Balaban J connectivity index is 4.95. The second-order valence-corrected chi connectivity index (χ2v) is 29.0. The quantitative estimate of drug-likeness (QED) is 0.0205. The van der Waals surface area contributed by atoms with Crippen LogP contribution >= 0.6 is 7.82 Å². The van der Waals surface area contributed by atoms with Crippen LogP contribution in [0.4, 0.5) is 0 Å². The summed E-state index contributed by atoms with van der Waals surface area (Å²) >= 11 is 0. The van der Waals surface area contributed by atoms with Crippen molar-refractivity contribution in [3.63, 3.8) is 0 Å². The molecule has 1 amide bonds. The Morgan fingerprint density at radius 2 is 0.693 bits per heavy atom. The average molecular weight is 1260 g/mol. The number of rotatable bonds is 71. The summed E-state index contributed by atoms with van der Waals surface area (Å²) in [5, 5.41) is 3.08. The molecule has 0 rings (SSSR count). The van der Waals surface area contributed by atoms with Gasteiger partial charge in [-0.1, -0.05) is 352 Å². The van der Waals surface area contributed by atoms with E-state index in [2.05, 4.69) is 68.6 Å². The highest BCUT2D eigenvalue weighted by Gasteiger charge is 2.30. The SMILES string of the molecule is CCCCC/C=C\C/C=C\C/C=C\CCCCCCCCCCCCCCC(=O)OC(/C=C/CCCCCCCCCCCC)C(COP(=O)(O)OCC[N+](C)(C)C)NC(=O)CCCCCCCCCCCCCCCCCCCCCCCCCCC. The number of carbonyl (C=O) groups excluding carboxylic acids is 2. The van der Waals surface area contributed by atoms with Gasteiger partial charge in [-0.2, -0.15) is 0 Å². The lowest BCUT2D eigenvalue weighted by Gasteiger charge is -2.27. The first-order valence-corrected chi connectivity index (χ1v) is 40.0. The number of allylic oxidation sites excluding steroid dienone is 7. The first-order chi connectivity index (χ1) is 42.9. The third-order valence-corrected chi connectivity index (χ3v) is 18.5. The molecule has 0 bridgehead atoms. The molecule has 0 aliphatic carbocycles. The number of quaternary nitrogens is 1. The fourth-order valence-electron chi connectivity index (χ4n) is 11.6. The molecule has 0 saturated carbocycles. The van der Waals surface area contributed by atoms with E-state index in [-0.39, 0.29) is 25.1 Å². The van der Waals surface area contributed by atoms with Crippen molar-refractivity contribution in [1.82, 2.24) is 5.32 Å². The molecule has 0 heterocycles. The molecule has 3 unspecified atom stereocenters. The Morgan fingerprint density at radius 1 is 0.398 bits per heavy atom. The zero-order valence-electron chi connectivity index (χ0n) is 59.5. The fraction of sp³-hybridized carbons (Fsp3) is 0.872. The Bertz CT molecular complexity index is 1640. The lowest BCUT2D eigenvalue weighted by atomic mass is 10.0. The van der Waals surface area contributed by atoms with Crippen LogP contribution < -0.4 is 5.32 Å². The minimum atomic E-state index is -4.46. The molecular formula is C78H150N2O7P+. The van der Waals surface area contributed by atoms with Crippen LogP contribution in [0.25, 0.3) is 0 Å². The van der Waals surface area contributed by atoms with Crippen LogP contribution in [-0.2, 0) is 27.9 Å². The molecule has 518 valence electrons. The highest BCUT2D eigenvalue weighted by Crippen LogP contribution is 2.43. The van der Waals surface area contributed by atoms with Crippen molar-refractivity contribution in [2.45, 2.75) is 399 Å². The predicted molar refractivity (Wildman–Crippen MR) is 383 cm³/mol. The number of nitrogens with zero attached hydrogens (tertiary/aromatic N) is 1. The number of amides is 1. The van der Waals surface area contributed by atoms with Gasteiger partial charge in [0.1, 0.15) is 19.3 Å². The van der Waals surface area contributed by atoms with E-state index in [4.69, 9.17) is 13.8 Å². The zero-order valence-corrected chi connectivity index (χ0v) is 60.4. The van der Waals surface area contributed by atoms with Crippen molar-refractivity contribution in [2.24, 2.45) is 0 Å². The normalized spacial score (nSPS) is 13.7. The first kappa shape index (κ1) is 86.0. The number of unbranched alkanes of at least 4 members (excludes halogenated alkanes) is 49. The first-order valence-electron chi connectivity index (χ1n) is 38.5. The fourth-order valence-corrected chi connectivity index (χ4v) is 12.3. The predicted octanol–water partition coefficient (Wildman–Crippen LogP) is 24.7. The maximum absolute atomic E-state index is 13.6. The minimum Gasteiger partial charge on any atom is -0.456 e. The van der Waals surface area contributed by atoms with Crippen molar-refractivity contribution in [3.8, 4) is 0 Å². The lowest BCUT2D eigenvalue weighted by molar-refractivity contribution is -0.870. The molecule has 3 atom stereocenters. The third kappa shape index (κ3) is 68.3. The topological polar surface area (TPSA) is 111 Å². The van der Waals surface area contributed by atoms with Crippen molar-refractivity contribution >= 4 is 19.7 Å². The van der Waals surface area contributed by atoms with Crippen molar-refractivity contribution in [3.05, 3.63) is 48.6 Å². The third-order valence-electron chi connectivity index (χ3n) is 17.5. The molecule has 0 aromatic carbocycles. The van der Waals surface area contributed by atoms with Crippen molar-refractivity contribution in [1.29, 1.82) is 0 Å². The molecule has 0 aliphatic rings. The number of phosphoric acid groups is 1. The summed E-state index contributed by atoms with van der Waals surface area (Å²) in [5.74, 6) is -0.486. The largest absolute Gasteiger partial charge is 0.472 e. The summed E-state index contributed by atoms with van der Waals surface area (Å²) in [4.78, 5) is 38.0. The number of hydrogen-bond acceptors (Lipinski definition) is 6. The van der Waals surface area contributed by atoms with Gasteiger partial charge in [0.15, 0.2) is 0 Å². The maximum Gasteiger partial charge on any atom is 0.472 e. The second-order valence-electron chi connectivity index (χ2n) is 27.5. The van der Waals surface area contributed by atoms with Gasteiger partial charge in [-0.3, -0.25) is 18.6 Å². The van der Waals surface area contributed by atoms with Crippen LogP contribution in [0.5, 0.6) is 0 Å². The van der Waals surface area contributed by atoms with Gasteiger partial charge in [-0.15, -0.1) is 0 Å². The maximum atomic E-state index is 13.6. The molecule has 2 N–H and O–H groups in total. The van der Waals surface area contributed by atoms with Gasteiger partial charge in [0, 0.05) is 12.8 Å². The molecule has 0 aromatic heterocycles. The van der Waals surface area contributed by atoms with E-state index in [9.17, 15) is 19.0 Å². The van der Waals surface area contributed by atoms with Gasteiger partial charge in [0.2, 0.25) is 5.91 Å². The van der Waals surface area contributed by atoms with Crippen LogP contribution in [0.3, 0.4) is 0 Å². The number of ether oxygens (including phenoxy) is 1. The molecule has 0 aliphatic heterocycles. The van der Waals surface area contributed by atoms with Gasteiger partial charge >= 0.3 is 13.8 Å². The van der Waals surface area contributed by atoms with E-state index in [1.165, 1.54) is 283 Å². The smallest absolute Gasteiger partial charge is 0.456 e. The molecule has 0 radical (unpaired) electrons. The second kappa shape index (κ2) is 67.8. The Kier molecular flexibility index (Phi) is 66.3. The lowest BCUT2D eigenvalue weighted by Crippen LogP contribution is -2.47. The Hall–Kier alpha value is -2.03. The number of carbonyl (C=O) groups is 2. The van der Waals surface area contributed by atoms with Gasteiger partial charge in [0.05, 0.1) is 33.8 Å². The average Bonchev–Trinajstić information content (AvgIpc) is 3.52. The zero-order chi connectivity index (χ0) is 64.2. The van der Waals surface area contributed by atoms with Crippen molar-refractivity contribution in [2.75, 3.05) is 40.9 Å². The standard InChI is InChI=1S/C78H149N2O7P/c1-7-10-13-16-19-22-25-28-30-32-34-36-38-40-42-44-46-48-50-52-55-58-61-64-67-70-77(81)79-75(74-86-88(83,84)85-73-72-80(4,5)6)76(69-66-63-60-57-54-27-24-21-18-15-12-9-3)87-78(82)71-68-65-62-59-56-53-51-49-47-45-43-41-39-37-35-33-31-29-26-23-20-17-14-11-8-2/h20,23,29,31,35,37,66,69,75-76H,7-19,21-22,24-28,30,32-34,36,38-65,67-68,70-74H2,1-6H3,(H-,79,81,83,84)/p+1/b23-20-,31-29-,37-35-,69-66+. The summed E-state index contributed by atoms with van der Waals surface area (Å²) in [6.45, 7) is 7.05. The van der Waals surface area contributed by atoms with Gasteiger partial charge in [0.25, 0.3) is 0 Å². The molecule has 9 nitrogen and oxygen atoms in total. The highest BCUT2D eigenvalue weighted by molar-refractivity contribution is 7.47. The highest BCUT2D eigenvalue weighted by atomic mass is 31.2. The van der Waals surface area contributed by atoms with Crippen LogP contribution in [0.15, 0.2) is 48.6 Å². The summed E-state index contributed by atoms with van der Waals surface area (Å²) in [5.41, 5.74) is 0. The molecule has 0 saturated heterocycles. The van der Waals surface area contributed by atoms with Crippen LogP contribution in [0.1, 0.15) is 387 Å².